The van der Waals surface area contributed by atoms with E-state index in [0.717, 1.165) is 16.3 Å². The van der Waals surface area contributed by atoms with Crippen LogP contribution >= 0.6 is 11.8 Å². The summed E-state index contributed by atoms with van der Waals surface area (Å²) in [6.07, 6.45) is 1.23. The summed E-state index contributed by atoms with van der Waals surface area (Å²) < 4.78 is 0. The number of hydrogen-bond donors (Lipinski definition) is 2. The van der Waals surface area contributed by atoms with E-state index in [2.05, 4.69) is 4.98 Å². The molecule has 2 unspecified atom stereocenters. The van der Waals surface area contributed by atoms with Crippen LogP contribution in [-0.2, 0) is 0 Å². The molecule has 0 aliphatic heterocycles. The molecule has 4 heteroatoms. The maximum atomic E-state index is 9.29. The fourth-order valence-corrected chi connectivity index (χ4v) is 1.86. The largest absolute Gasteiger partial charge is 0.396 e. The molecule has 0 spiro atoms. The molecule has 0 aliphatic carbocycles. The predicted octanol–water partition coefficient (Wildman–Crippen LogP) is 1.86. The monoisotopic (exact) mass is 227 g/mol. The lowest BCUT2D eigenvalue weighted by Gasteiger charge is -2.07. The summed E-state index contributed by atoms with van der Waals surface area (Å²) in [6.45, 7) is 3.92. The maximum Gasteiger partial charge on any atom is 0.0960 e. The molecule has 1 heterocycles. The van der Waals surface area contributed by atoms with Crippen molar-refractivity contribution in [2.75, 3.05) is 12.4 Å². The first-order chi connectivity index (χ1) is 7.13. The Morgan fingerprint density at radius 2 is 2.13 bits per heavy atom. The van der Waals surface area contributed by atoms with E-state index in [-0.39, 0.29) is 12.5 Å². The number of aromatic nitrogens is 1. The average molecular weight is 227 g/mol. The van der Waals surface area contributed by atoms with Gasteiger partial charge in [0.1, 0.15) is 0 Å². The number of pyridine rings is 1. The van der Waals surface area contributed by atoms with Gasteiger partial charge in [-0.3, -0.25) is 0 Å². The minimum atomic E-state index is -0.465. The van der Waals surface area contributed by atoms with Crippen LogP contribution in [-0.4, -0.2) is 27.6 Å². The molecule has 0 radical (unpaired) electrons. The summed E-state index contributed by atoms with van der Waals surface area (Å²) in [7, 11) is 0. The molecule has 1 aromatic rings. The number of aliphatic hydroxyl groups excluding tert-OH is 2. The quantitative estimate of drug-likeness (QED) is 0.754. The Hall–Kier alpha value is -0.580. The van der Waals surface area contributed by atoms with Crippen molar-refractivity contribution in [3.8, 4) is 0 Å². The van der Waals surface area contributed by atoms with E-state index in [1.807, 2.05) is 19.1 Å². The lowest BCUT2D eigenvalue weighted by Crippen LogP contribution is -2.03. The van der Waals surface area contributed by atoms with Crippen LogP contribution in [0.4, 0.5) is 0 Å². The van der Waals surface area contributed by atoms with Crippen molar-refractivity contribution >= 4 is 11.8 Å². The topological polar surface area (TPSA) is 53.4 Å². The van der Waals surface area contributed by atoms with Crippen LogP contribution in [0.2, 0.25) is 0 Å². The first kappa shape index (κ1) is 12.5. The second-order valence-corrected chi connectivity index (χ2v) is 4.74. The number of aliphatic hydroxyl groups is 2. The van der Waals surface area contributed by atoms with Gasteiger partial charge in [0.05, 0.1) is 11.1 Å². The van der Waals surface area contributed by atoms with Gasteiger partial charge in [0.15, 0.2) is 0 Å². The summed E-state index contributed by atoms with van der Waals surface area (Å²) in [5, 5.41) is 19.1. The molecule has 0 saturated carbocycles. The molecule has 0 bridgehead atoms. The number of nitrogens with zero attached hydrogens (tertiary/aromatic N) is 1. The Morgan fingerprint density at radius 1 is 1.40 bits per heavy atom. The molecule has 2 atom stereocenters. The molecule has 0 aromatic carbocycles. The molecule has 1 rings (SSSR count). The van der Waals surface area contributed by atoms with Crippen LogP contribution < -0.4 is 0 Å². The fourth-order valence-electron chi connectivity index (χ4n) is 1.00. The zero-order chi connectivity index (χ0) is 11.3. The molecular formula is C11H17NO2S. The van der Waals surface area contributed by atoms with Gasteiger partial charge in [-0.15, -0.1) is 11.8 Å². The summed E-state index contributed by atoms with van der Waals surface area (Å²) in [5.74, 6) is 1.14. The highest BCUT2D eigenvalue weighted by molar-refractivity contribution is 7.99. The van der Waals surface area contributed by atoms with Crippen molar-refractivity contribution in [1.82, 2.24) is 4.98 Å². The van der Waals surface area contributed by atoms with Gasteiger partial charge in [-0.2, -0.15) is 0 Å². The van der Waals surface area contributed by atoms with E-state index in [1.165, 1.54) is 0 Å². The molecule has 15 heavy (non-hydrogen) atoms. The van der Waals surface area contributed by atoms with Crippen LogP contribution in [0.3, 0.4) is 0 Å². The van der Waals surface area contributed by atoms with Gasteiger partial charge in [-0.1, -0.05) is 13.0 Å². The lowest BCUT2D eigenvalue weighted by molar-refractivity contribution is 0.198. The van der Waals surface area contributed by atoms with Crippen molar-refractivity contribution < 1.29 is 10.2 Å². The molecule has 0 aliphatic rings. The Balaban J connectivity index is 2.50. The lowest BCUT2D eigenvalue weighted by atomic mass is 10.2. The molecule has 0 saturated heterocycles. The van der Waals surface area contributed by atoms with Gasteiger partial charge in [-0.05, 0) is 24.5 Å². The smallest absolute Gasteiger partial charge is 0.0960 e. The highest BCUT2D eigenvalue weighted by Gasteiger charge is 2.04. The Labute approximate surface area is 94.6 Å². The highest BCUT2D eigenvalue weighted by Crippen LogP contribution is 2.20. The Kier molecular flexibility index (Phi) is 5.08. The number of hydrogen-bond acceptors (Lipinski definition) is 4. The Morgan fingerprint density at radius 3 is 2.60 bits per heavy atom. The fraction of sp³-hybridized carbons (Fsp3) is 0.545. The van der Waals surface area contributed by atoms with Crippen molar-refractivity contribution in [2.45, 2.75) is 25.0 Å². The summed E-state index contributed by atoms with van der Waals surface area (Å²) >= 11 is 1.62. The third-order valence-corrected chi connectivity index (χ3v) is 3.34. The van der Waals surface area contributed by atoms with Crippen LogP contribution in [0.1, 0.15) is 25.5 Å². The first-order valence-corrected chi connectivity index (χ1v) is 5.99. The molecule has 2 N–H and O–H groups in total. The highest BCUT2D eigenvalue weighted by atomic mass is 32.2. The molecule has 84 valence electrons. The van der Waals surface area contributed by atoms with Crippen molar-refractivity contribution in [1.29, 1.82) is 0 Å². The number of rotatable bonds is 5. The molecule has 0 fully saturated rings. The van der Waals surface area contributed by atoms with Gasteiger partial charge < -0.3 is 10.2 Å². The average Bonchev–Trinajstić information content (AvgIpc) is 2.26. The zero-order valence-corrected chi connectivity index (χ0v) is 9.87. The summed E-state index contributed by atoms with van der Waals surface area (Å²) in [5.41, 5.74) is 0.828. The third kappa shape index (κ3) is 4.20. The Bertz CT molecular complexity index is 287. The maximum absolute atomic E-state index is 9.29. The van der Waals surface area contributed by atoms with E-state index in [0.29, 0.717) is 0 Å². The van der Waals surface area contributed by atoms with Crippen molar-refractivity contribution in [3.63, 3.8) is 0 Å². The molecule has 3 nitrogen and oxygen atoms in total. The van der Waals surface area contributed by atoms with Gasteiger partial charge in [0, 0.05) is 18.6 Å². The molecular weight excluding hydrogens is 210 g/mol. The second-order valence-electron chi connectivity index (χ2n) is 3.70. The second kappa shape index (κ2) is 6.10. The summed E-state index contributed by atoms with van der Waals surface area (Å²) in [4.78, 5) is 4.23. The zero-order valence-electron chi connectivity index (χ0n) is 9.05. The minimum Gasteiger partial charge on any atom is -0.396 e. The standard InChI is InChI=1S/C11H17NO2S/c1-8(6-13)7-15-11-4-3-10(5-12-11)9(2)14/h3-5,8-9,13-14H,6-7H2,1-2H3. The predicted molar refractivity (Wildman–Crippen MR) is 61.8 cm³/mol. The SMILES string of the molecule is CC(CO)CSc1ccc(C(C)O)cn1. The number of thioether (sulfide) groups is 1. The van der Waals surface area contributed by atoms with E-state index in [9.17, 15) is 5.11 Å². The van der Waals surface area contributed by atoms with E-state index in [4.69, 9.17) is 5.11 Å². The van der Waals surface area contributed by atoms with E-state index < -0.39 is 6.10 Å². The van der Waals surface area contributed by atoms with E-state index >= 15 is 0 Å². The normalized spacial score (nSPS) is 14.9. The van der Waals surface area contributed by atoms with Crippen molar-refractivity contribution in [2.24, 2.45) is 5.92 Å². The van der Waals surface area contributed by atoms with E-state index in [1.54, 1.807) is 24.9 Å². The van der Waals surface area contributed by atoms with Crippen LogP contribution in [0.5, 0.6) is 0 Å². The van der Waals surface area contributed by atoms with Gasteiger partial charge in [0.2, 0.25) is 0 Å². The summed E-state index contributed by atoms with van der Waals surface area (Å²) in [6, 6.07) is 3.78. The first-order valence-electron chi connectivity index (χ1n) is 5.01. The van der Waals surface area contributed by atoms with Gasteiger partial charge in [-0.25, -0.2) is 4.98 Å². The third-order valence-electron chi connectivity index (χ3n) is 2.07. The molecule has 0 amide bonds. The minimum absolute atomic E-state index is 0.207. The van der Waals surface area contributed by atoms with Crippen LogP contribution in [0.25, 0.3) is 0 Å². The van der Waals surface area contributed by atoms with Crippen LogP contribution in [0.15, 0.2) is 23.4 Å². The van der Waals surface area contributed by atoms with Gasteiger partial charge in [0.25, 0.3) is 0 Å². The molecule has 1 aromatic heterocycles. The van der Waals surface area contributed by atoms with Crippen molar-refractivity contribution in [3.05, 3.63) is 23.9 Å². The van der Waals surface area contributed by atoms with Gasteiger partial charge >= 0.3 is 0 Å². The van der Waals surface area contributed by atoms with Crippen LogP contribution in [0, 0.1) is 5.92 Å².